The van der Waals surface area contributed by atoms with Crippen LogP contribution in [0.4, 0.5) is 0 Å². The second kappa shape index (κ2) is 5.84. The van der Waals surface area contributed by atoms with Crippen LogP contribution >= 0.6 is 0 Å². The lowest BCUT2D eigenvalue weighted by Crippen LogP contribution is -2.45. The number of carbonyl (C=O) groups excluding carboxylic acids is 2. The Kier molecular flexibility index (Phi) is 4.73. The lowest BCUT2D eigenvalue weighted by atomic mass is 9.79. The van der Waals surface area contributed by atoms with Crippen molar-refractivity contribution >= 4 is 11.8 Å². The molecule has 2 amide bonds. The van der Waals surface area contributed by atoms with E-state index in [0.717, 1.165) is 19.3 Å². The van der Waals surface area contributed by atoms with Gasteiger partial charge in [0.25, 0.3) is 0 Å². The van der Waals surface area contributed by atoms with E-state index in [4.69, 9.17) is 11.5 Å². The Labute approximate surface area is 95.9 Å². The quantitative estimate of drug-likeness (QED) is 0.617. The summed E-state index contributed by atoms with van der Waals surface area (Å²) in [7, 11) is 0. The lowest BCUT2D eigenvalue weighted by molar-refractivity contribution is -0.127. The first-order chi connectivity index (χ1) is 7.50. The third-order valence-corrected chi connectivity index (χ3v) is 3.17. The molecule has 0 spiro atoms. The van der Waals surface area contributed by atoms with Gasteiger partial charge < -0.3 is 16.8 Å². The van der Waals surface area contributed by atoms with E-state index in [0.29, 0.717) is 12.5 Å². The second-order valence-electron chi connectivity index (χ2n) is 4.70. The summed E-state index contributed by atoms with van der Waals surface area (Å²) >= 11 is 0. The first-order valence-electron chi connectivity index (χ1n) is 5.82. The van der Waals surface area contributed by atoms with Crippen molar-refractivity contribution in [1.29, 1.82) is 0 Å². The molecule has 1 fully saturated rings. The van der Waals surface area contributed by atoms with Gasteiger partial charge in [0.15, 0.2) is 0 Å². The molecule has 16 heavy (non-hydrogen) atoms. The van der Waals surface area contributed by atoms with Gasteiger partial charge in [-0.2, -0.15) is 0 Å². The van der Waals surface area contributed by atoms with Crippen LogP contribution in [0.1, 0.15) is 32.6 Å². The minimum atomic E-state index is -0.401. The van der Waals surface area contributed by atoms with Gasteiger partial charge in [-0.25, -0.2) is 0 Å². The largest absolute Gasteiger partial charge is 0.370 e. The number of primary amides is 1. The van der Waals surface area contributed by atoms with Gasteiger partial charge in [-0.1, -0.05) is 6.92 Å². The molecule has 92 valence electrons. The van der Waals surface area contributed by atoms with E-state index < -0.39 is 5.91 Å². The minimum absolute atomic E-state index is 0.0414. The molecule has 1 rings (SSSR count). The molecule has 1 aliphatic carbocycles. The number of rotatable bonds is 4. The van der Waals surface area contributed by atoms with Crippen LogP contribution in [-0.2, 0) is 9.59 Å². The molecule has 1 aliphatic rings. The van der Waals surface area contributed by atoms with Crippen molar-refractivity contribution in [3.8, 4) is 0 Å². The third kappa shape index (κ3) is 3.81. The highest BCUT2D eigenvalue weighted by Crippen LogP contribution is 2.27. The van der Waals surface area contributed by atoms with Crippen LogP contribution in [0.3, 0.4) is 0 Å². The molecule has 0 bridgehead atoms. The van der Waals surface area contributed by atoms with Gasteiger partial charge in [0.1, 0.15) is 0 Å². The number of nitrogens with two attached hydrogens (primary N) is 2. The van der Waals surface area contributed by atoms with E-state index in [1.165, 1.54) is 0 Å². The van der Waals surface area contributed by atoms with Gasteiger partial charge in [-0.15, -0.1) is 0 Å². The van der Waals surface area contributed by atoms with E-state index in [1.54, 1.807) is 0 Å². The van der Waals surface area contributed by atoms with Crippen molar-refractivity contribution < 1.29 is 9.59 Å². The molecule has 1 saturated carbocycles. The maximum absolute atomic E-state index is 11.8. The predicted octanol–water partition coefficient (Wildman–Crippen LogP) is -0.258. The molecule has 0 heterocycles. The summed E-state index contributed by atoms with van der Waals surface area (Å²) in [5.74, 6) is -0.00905. The molecule has 5 nitrogen and oxygen atoms in total. The average molecular weight is 227 g/mol. The first-order valence-corrected chi connectivity index (χ1v) is 5.82. The van der Waals surface area contributed by atoms with Gasteiger partial charge in [-0.05, 0) is 25.2 Å². The van der Waals surface area contributed by atoms with Crippen LogP contribution < -0.4 is 16.8 Å². The molecule has 5 N–H and O–H groups in total. The van der Waals surface area contributed by atoms with Crippen LogP contribution in [0.25, 0.3) is 0 Å². The fraction of sp³-hybridized carbons (Fsp3) is 0.818. The van der Waals surface area contributed by atoms with Crippen molar-refractivity contribution in [3.05, 3.63) is 0 Å². The van der Waals surface area contributed by atoms with E-state index in [-0.39, 0.29) is 24.3 Å². The van der Waals surface area contributed by atoms with Crippen molar-refractivity contribution in [2.75, 3.05) is 6.54 Å². The molecule has 0 aromatic rings. The van der Waals surface area contributed by atoms with E-state index >= 15 is 0 Å². The molecular weight excluding hydrogens is 206 g/mol. The van der Waals surface area contributed by atoms with Crippen molar-refractivity contribution in [3.63, 3.8) is 0 Å². The maximum atomic E-state index is 11.8. The molecule has 0 saturated heterocycles. The van der Waals surface area contributed by atoms with Gasteiger partial charge in [0, 0.05) is 19.0 Å². The topological polar surface area (TPSA) is 98.2 Å². The Morgan fingerprint density at radius 3 is 2.69 bits per heavy atom. The average Bonchev–Trinajstić information content (AvgIpc) is 2.21. The van der Waals surface area contributed by atoms with Crippen LogP contribution in [-0.4, -0.2) is 24.4 Å². The monoisotopic (exact) mass is 227 g/mol. The normalized spacial score (nSPS) is 29.8. The lowest BCUT2D eigenvalue weighted by Gasteiger charge is -2.31. The molecule has 5 heteroatoms. The van der Waals surface area contributed by atoms with Crippen molar-refractivity contribution in [1.82, 2.24) is 5.32 Å². The first kappa shape index (κ1) is 13.0. The predicted molar refractivity (Wildman–Crippen MR) is 61.3 cm³/mol. The Hall–Kier alpha value is -1.10. The Morgan fingerprint density at radius 2 is 2.06 bits per heavy atom. The number of nitrogens with one attached hydrogen (secondary N) is 1. The Morgan fingerprint density at radius 1 is 1.38 bits per heavy atom. The molecule has 0 aliphatic heterocycles. The maximum Gasteiger partial charge on any atom is 0.224 e. The number of amides is 2. The molecule has 3 atom stereocenters. The smallest absolute Gasteiger partial charge is 0.224 e. The standard InChI is InChI=1S/C11H21N3O2/c1-7-2-3-9(12)8(6-7)11(16)14-5-4-10(13)15/h7-9H,2-6,12H2,1H3,(H2,13,15)(H,14,16). The van der Waals surface area contributed by atoms with Gasteiger partial charge >= 0.3 is 0 Å². The summed E-state index contributed by atoms with van der Waals surface area (Å²) in [5.41, 5.74) is 10.9. The van der Waals surface area contributed by atoms with E-state index in [9.17, 15) is 9.59 Å². The van der Waals surface area contributed by atoms with Crippen molar-refractivity contribution in [2.24, 2.45) is 23.3 Å². The van der Waals surface area contributed by atoms with Crippen LogP contribution in [0, 0.1) is 11.8 Å². The van der Waals surface area contributed by atoms with Gasteiger partial charge in [-0.3, -0.25) is 9.59 Å². The van der Waals surface area contributed by atoms with Crippen molar-refractivity contribution in [2.45, 2.75) is 38.6 Å². The fourth-order valence-electron chi connectivity index (χ4n) is 2.15. The summed E-state index contributed by atoms with van der Waals surface area (Å²) < 4.78 is 0. The van der Waals surface area contributed by atoms with E-state index in [1.807, 2.05) is 0 Å². The Bertz CT molecular complexity index is 268. The molecule has 0 aromatic carbocycles. The molecule has 0 aromatic heterocycles. The highest BCUT2D eigenvalue weighted by molar-refractivity contribution is 5.80. The molecule has 3 unspecified atom stereocenters. The van der Waals surface area contributed by atoms with Gasteiger partial charge in [0.05, 0.1) is 5.92 Å². The zero-order chi connectivity index (χ0) is 12.1. The summed E-state index contributed by atoms with van der Waals surface area (Å²) in [6.07, 6.45) is 3.01. The summed E-state index contributed by atoms with van der Waals surface area (Å²) in [4.78, 5) is 22.3. The number of hydrogen-bond acceptors (Lipinski definition) is 3. The SMILES string of the molecule is CC1CCC(N)C(C(=O)NCCC(N)=O)C1. The Balaban J connectivity index is 2.36. The number of hydrogen-bond donors (Lipinski definition) is 3. The summed E-state index contributed by atoms with van der Waals surface area (Å²) in [5, 5.41) is 2.71. The third-order valence-electron chi connectivity index (χ3n) is 3.17. The van der Waals surface area contributed by atoms with E-state index in [2.05, 4.69) is 12.2 Å². The zero-order valence-corrected chi connectivity index (χ0v) is 9.74. The summed E-state index contributed by atoms with van der Waals surface area (Å²) in [6, 6.07) is -0.0511. The second-order valence-corrected chi connectivity index (χ2v) is 4.70. The van der Waals surface area contributed by atoms with Gasteiger partial charge in [0.2, 0.25) is 11.8 Å². The van der Waals surface area contributed by atoms with Crippen LogP contribution in [0.5, 0.6) is 0 Å². The van der Waals surface area contributed by atoms with Crippen LogP contribution in [0.15, 0.2) is 0 Å². The highest BCUT2D eigenvalue weighted by atomic mass is 16.2. The zero-order valence-electron chi connectivity index (χ0n) is 9.74. The fourth-order valence-corrected chi connectivity index (χ4v) is 2.15. The molecule has 0 radical (unpaired) electrons. The highest BCUT2D eigenvalue weighted by Gasteiger charge is 2.31. The minimum Gasteiger partial charge on any atom is -0.370 e. The molecular formula is C11H21N3O2. The summed E-state index contributed by atoms with van der Waals surface area (Å²) in [6.45, 7) is 2.45. The van der Waals surface area contributed by atoms with Crippen LogP contribution in [0.2, 0.25) is 0 Å². The number of carbonyl (C=O) groups is 2.